The van der Waals surface area contributed by atoms with E-state index < -0.39 is 0 Å². The number of nitrogens with zero attached hydrogens (tertiary/aromatic N) is 2. The third kappa shape index (κ3) is 2.88. The molecule has 0 aromatic heterocycles. The van der Waals surface area contributed by atoms with Gasteiger partial charge in [-0.1, -0.05) is 13.3 Å². The Kier molecular flexibility index (Phi) is 5.06. The van der Waals surface area contributed by atoms with Crippen LogP contribution < -0.4 is 5.73 Å². The summed E-state index contributed by atoms with van der Waals surface area (Å²) in [6.07, 6.45) is 1.99. The summed E-state index contributed by atoms with van der Waals surface area (Å²) in [5.41, 5.74) is 6.04. The van der Waals surface area contributed by atoms with Crippen LogP contribution in [0.15, 0.2) is 0 Å². The molecule has 4 nitrogen and oxygen atoms in total. The molecule has 1 rings (SSSR count). The predicted octanol–water partition coefficient (Wildman–Crippen LogP) is 1.51. The van der Waals surface area contributed by atoms with Crippen molar-refractivity contribution >= 4 is 6.03 Å². The predicted molar refractivity (Wildman–Crippen MR) is 66.3 cm³/mol. The van der Waals surface area contributed by atoms with Crippen LogP contribution in [0.4, 0.5) is 4.79 Å². The zero-order valence-corrected chi connectivity index (χ0v) is 10.8. The molecule has 2 unspecified atom stereocenters. The Morgan fingerprint density at radius 2 is 2.00 bits per heavy atom. The van der Waals surface area contributed by atoms with E-state index >= 15 is 0 Å². The lowest BCUT2D eigenvalue weighted by Crippen LogP contribution is -2.52. The van der Waals surface area contributed by atoms with Crippen molar-refractivity contribution in [2.75, 3.05) is 26.2 Å². The van der Waals surface area contributed by atoms with Gasteiger partial charge in [-0.15, -0.1) is 0 Å². The fourth-order valence-corrected chi connectivity index (χ4v) is 2.35. The number of hydrogen-bond acceptors (Lipinski definition) is 2. The Bertz CT molecular complexity index is 228. The van der Waals surface area contributed by atoms with Gasteiger partial charge < -0.3 is 15.5 Å². The van der Waals surface area contributed by atoms with Crippen LogP contribution in [0.25, 0.3) is 0 Å². The van der Waals surface area contributed by atoms with E-state index in [4.69, 9.17) is 5.73 Å². The molecule has 0 aromatic carbocycles. The summed E-state index contributed by atoms with van der Waals surface area (Å²) in [5, 5.41) is 0. The molecule has 2 amide bonds. The SMILES string of the molecule is CCC1CN(C(=O)N(CC)CC)CCC1N. The number of piperidine rings is 1. The Morgan fingerprint density at radius 1 is 1.38 bits per heavy atom. The van der Waals surface area contributed by atoms with Gasteiger partial charge in [-0.05, 0) is 26.2 Å². The second kappa shape index (κ2) is 6.09. The standard InChI is InChI=1S/C12H25N3O/c1-4-10-9-15(8-7-11(10)13)12(16)14(5-2)6-3/h10-11H,4-9,13H2,1-3H3. The largest absolute Gasteiger partial charge is 0.327 e. The van der Waals surface area contributed by atoms with Gasteiger partial charge in [-0.25, -0.2) is 4.79 Å². The summed E-state index contributed by atoms with van der Waals surface area (Å²) in [5.74, 6) is 0.466. The fraction of sp³-hybridized carbons (Fsp3) is 0.917. The summed E-state index contributed by atoms with van der Waals surface area (Å²) in [4.78, 5) is 16.0. The minimum atomic E-state index is 0.176. The Balaban J connectivity index is 2.57. The van der Waals surface area contributed by atoms with Crippen LogP contribution in [0.5, 0.6) is 0 Å². The normalized spacial score (nSPS) is 25.6. The molecule has 0 radical (unpaired) electrons. The van der Waals surface area contributed by atoms with Crippen molar-refractivity contribution in [3.8, 4) is 0 Å². The minimum Gasteiger partial charge on any atom is -0.327 e. The highest BCUT2D eigenvalue weighted by Gasteiger charge is 2.29. The van der Waals surface area contributed by atoms with Crippen molar-refractivity contribution in [2.45, 2.75) is 39.7 Å². The van der Waals surface area contributed by atoms with Crippen molar-refractivity contribution in [3.05, 3.63) is 0 Å². The van der Waals surface area contributed by atoms with Gasteiger partial charge in [0.25, 0.3) is 0 Å². The lowest BCUT2D eigenvalue weighted by atomic mass is 9.91. The molecule has 0 bridgehead atoms. The van der Waals surface area contributed by atoms with Gasteiger partial charge >= 0.3 is 6.03 Å². The minimum absolute atomic E-state index is 0.176. The topological polar surface area (TPSA) is 49.6 Å². The van der Waals surface area contributed by atoms with Crippen LogP contribution in [-0.2, 0) is 0 Å². The third-order valence-corrected chi connectivity index (χ3v) is 3.62. The zero-order chi connectivity index (χ0) is 12.1. The molecule has 0 aromatic rings. The molecule has 1 aliphatic rings. The van der Waals surface area contributed by atoms with Gasteiger partial charge in [0.15, 0.2) is 0 Å². The van der Waals surface area contributed by atoms with E-state index in [1.165, 1.54) is 0 Å². The molecule has 4 heteroatoms. The number of hydrogen-bond donors (Lipinski definition) is 1. The molecule has 1 fully saturated rings. The first-order valence-electron chi connectivity index (χ1n) is 6.43. The highest BCUT2D eigenvalue weighted by molar-refractivity contribution is 5.74. The first kappa shape index (κ1) is 13.3. The lowest BCUT2D eigenvalue weighted by Gasteiger charge is -2.38. The van der Waals surface area contributed by atoms with E-state index in [0.29, 0.717) is 5.92 Å². The third-order valence-electron chi connectivity index (χ3n) is 3.62. The molecule has 2 atom stereocenters. The van der Waals surface area contributed by atoms with Gasteiger partial charge in [-0.2, -0.15) is 0 Å². The molecule has 1 heterocycles. The molecule has 16 heavy (non-hydrogen) atoms. The quantitative estimate of drug-likeness (QED) is 0.794. The number of urea groups is 1. The molecule has 1 aliphatic heterocycles. The van der Waals surface area contributed by atoms with E-state index in [2.05, 4.69) is 6.92 Å². The summed E-state index contributed by atoms with van der Waals surface area (Å²) < 4.78 is 0. The molecule has 2 N–H and O–H groups in total. The fourth-order valence-electron chi connectivity index (χ4n) is 2.35. The molecular formula is C12H25N3O. The average molecular weight is 227 g/mol. The van der Waals surface area contributed by atoms with Crippen LogP contribution in [0.1, 0.15) is 33.6 Å². The van der Waals surface area contributed by atoms with E-state index in [-0.39, 0.29) is 12.1 Å². The molecule has 0 spiro atoms. The first-order valence-corrected chi connectivity index (χ1v) is 6.43. The molecule has 0 aliphatic carbocycles. The smallest absolute Gasteiger partial charge is 0.319 e. The maximum atomic E-state index is 12.1. The Morgan fingerprint density at radius 3 is 2.50 bits per heavy atom. The molecule has 94 valence electrons. The first-order chi connectivity index (χ1) is 7.63. The van der Waals surface area contributed by atoms with Gasteiger partial charge in [0.1, 0.15) is 0 Å². The van der Waals surface area contributed by atoms with E-state index in [1.54, 1.807) is 0 Å². The number of carbonyl (C=O) groups is 1. The van der Waals surface area contributed by atoms with Crippen LogP contribution >= 0.6 is 0 Å². The lowest BCUT2D eigenvalue weighted by molar-refractivity contribution is 0.123. The Labute approximate surface area is 98.8 Å². The summed E-state index contributed by atoms with van der Waals surface area (Å²) in [6, 6.07) is 0.445. The van der Waals surface area contributed by atoms with Crippen molar-refractivity contribution < 1.29 is 4.79 Å². The highest BCUT2D eigenvalue weighted by atomic mass is 16.2. The number of nitrogens with two attached hydrogens (primary N) is 1. The van der Waals surface area contributed by atoms with Crippen molar-refractivity contribution in [3.63, 3.8) is 0 Å². The van der Waals surface area contributed by atoms with Crippen molar-refractivity contribution in [2.24, 2.45) is 11.7 Å². The van der Waals surface area contributed by atoms with Crippen LogP contribution in [0, 0.1) is 5.92 Å². The van der Waals surface area contributed by atoms with Crippen molar-refractivity contribution in [1.82, 2.24) is 9.80 Å². The van der Waals surface area contributed by atoms with Gasteiger partial charge in [0.05, 0.1) is 0 Å². The molecule has 0 saturated carbocycles. The number of likely N-dealkylation sites (tertiary alicyclic amines) is 1. The number of carbonyl (C=O) groups excluding carboxylic acids is 1. The van der Waals surface area contributed by atoms with E-state index in [1.807, 2.05) is 23.6 Å². The second-order valence-electron chi connectivity index (χ2n) is 4.52. The van der Waals surface area contributed by atoms with Gasteiger partial charge in [-0.3, -0.25) is 0 Å². The second-order valence-corrected chi connectivity index (χ2v) is 4.52. The highest BCUT2D eigenvalue weighted by Crippen LogP contribution is 2.19. The monoisotopic (exact) mass is 227 g/mol. The average Bonchev–Trinajstić information content (AvgIpc) is 2.31. The zero-order valence-electron chi connectivity index (χ0n) is 10.8. The number of rotatable bonds is 3. The van der Waals surface area contributed by atoms with E-state index in [0.717, 1.165) is 39.0 Å². The van der Waals surface area contributed by atoms with Crippen LogP contribution in [0.3, 0.4) is 0 Å². The maximum absolute atomic E-state index is 12.1. The molecular weight excluding hydrogens is 202 g/mol. The van der Waals surface area contributed by atoms with Crippen LogP contribution in [-0.4, -0.2) is 48.1 Å². The van der Waals surface area contributed by atoms with Crippen LogP contribution in [0.2, 0.25) is 0 Å². The van der Waals surface area contributed by atoms with Gasteiger partial charge in [0, 0.05) is 32.2 Å². The van der Waals surface area contributed by atoms with Crippen molar-refractivity contribution in [1.29, 1.82) is 0 Å². The summed E-state index contributed by atoms with van der Waals surface area (Å²) in [6.45, 7) is 9.40. The van der Waals surface area contributed by atoms with Gasteiger partial charge in [0.2, 0.25) is 0 Å². The summed E-state index contributed by atoms with van der Waals surface area (Å²) in [7, 11) is 0. The van der Waals surface area contributed by atoms with E-state index in [9.17, 15) is 4.79 Å². The Hall–Kier alpha value is -0.770. The summed E-state index contributed by atoms with van der Waals surface area (Å²) >= 11 is 0. The number of amides is 2. The molecule has 1 saturated heterocycles. The maximum Gasteiger partial charge on any atom is 0.319 e.